The number of benzene rings is 1. The minimum absolute atomic E-state index is 0.00956. The molecule has 0 saturated heterocycles. The van der Waals surface area contributed by atoms with Crippen molar-refractivity contribution in [1.82, 2.24) is 0 Å². The van der Waals surface area contributed by atoms with Crippen LogP contribution >= 0.6 is 11.6 Å². The number of rotatable bonds is 5. The number of hydrogen-bond acceptors (Lipinski definition) is 3. The normalized spacial score (nSPS) is 12.5. The highest BCUT2D eigenvalue weighted by atomic mass is 35.5. The molecule has 1 unspecified atom stereocenters. The molecule has 0 aliphatic carbocycles. The molecule has 0 fully saturated rings. The molecule has 0 radical (unpaired) electrons. The van der Waals surface area contributed by atoms with Gasteiger partial charge in [0.25, 0.3) is 0 Å². The summed E-state index contributed by atoms with van der Waals surface area (Å²) in [5.41, 5.74) is 0.929. The molecule has 94 valence electrons. The smallest absolute Gasteiger partial charge is 0.310 e. The lowest BCUT2D eigenvalue weighted by Crippen LogP contribution is -2.08. The Morgan fingerprint density at radius 3 is 2.53 bits per heavy atom. The topological polar surface area (TPSA) is 52.4 Å². The molecule has 0 aliphatic rings. The van der Waals surface area contributed by atoms with Gasteiger partial charge in [0.1, 0.15) is 0 Å². The van der Waals surface area contributed by atoms with Gasteiger partial charge in [-0.2, -0.15) is 0 Å². The Hall–Kier alpha value is -1.29. The van der Waals surface area contributed by atoms with Gasteiger partial charge in [-0.1, -0.05) is 6.07 Å². The van der Waals surface area contributed by atoms with Crippen molar-refractivity contribution in [3.8, 4) is 5.75 Å². The van der Waals surface area contributed by atoms with Crippen molar-refractivity contribution < 1.29 is 9.66 Å². The summed E-state index contributed by atoms with van der Waals surface area (Å²) in [6.45, 7) is 5.55. The number of ether oxygens (including phenoxy) is 1. The van der Waals surface area contributed by atoms with Gasteiger partial charge in [-0.15, -0.1) is 11.6 Å². The van der Waals surface area contributed by atoms with Gasteiger partial charge >= 0.3 is 5.69 Å². The van der Waals surface area contributed by atoms with Crippen LogP contribution < -0.4 is 4.74 Å². The van der Waals surface area contributed by atoms with Crippen molar-refractivity contribution in [3.05, 3.63) is 33.9 Å². The molecule has 0 N–H and O–H groups in total. The number of nitrogens with zero attached hydrogens (tertiary/aromatic N) is 1. The molecular formula is C12H16ClNO3. The Morgan fingerprint density at radius 2 is 2.06 bits per heavy atom. The van der Waals surface area contributed by atoms with E-state index in [4.69, 9.17) is 16.3 Å². The number of hydrogen-bond donors (Lipinski definition) is 0. The van der Waals surface area contributed by atoms with Crippen molar-refractivity contribution in [2.24, 2.45) is 0 Å². The maximum Gasteiger partial charge on any atom is 0.310 e. The lowest BCUT2D eigenvalue weighted by molar-refractivity contribution is -0.386. The lowest BCUT2D eigenvalue weighted by atomic mass is 10.1. The van der Waals surface area contributed by atoms with Crippen LogP contribution in [-0.4, -0.2) is 16.4 Å². The van der Waals surface area contributed by atoms with Crippen LogP contribution in [-0.2, 0) is 6.42 Å². The van der Waals surface area contributed by atoms with Crippen LogP contribution in [0.5, 0.6) is 5.75 Å². The van der Waals surface area contributed by atoms with Crippen LogP contribution in [0.15, 0.2) is 18.2 Å². The van der Waals surface area contributed by atoms with Gasteiger partial charge in [-0.3, -0.25) is 10.1 Å². The van der Waals surface area contributed by atoms with Crippen LogP contribution in [0.1, 0.15) is 26.3 Å². The fraction of sp³-hybridized carbons (Fsp3) is 0.500. The zero-order chi connectivity index (χ0) is 13.0. The van der Waals surface area contributed by atoms with E-state index in [1.807, 2.05) is 20.8 Å². The number of alkyl halides is 1. The Kier molecular flexibility index (Phi) is 4.75. The number of halogens is 1. The van der Waals surface area contributed by atoms with Gasteiger partial charge in [0.2, 0.25) is 0 Å². The first-order chi connectivity index (χ1) is 7.90. The highest BCUT2D eigenvalue weighted by Gasteiger charge is 2.17. The Bertz CT molecular complexity index is 405. The molecular weight excluding hydrogens is 242 g/mol. The van der Waals surface area contributed by atoms with E-state index in [9.17, 15) is 10.1 Å². The first-order valence-electron chi connectivity index (χ1n) is 5.48. The van der Waals surface area contributed by atoms with Crippen molar-refractivity contribution in [1.29, 1.82) is 0 Å². The van der Waals surface area contributed by atoms with Crippen molar-refractivity contribution in [2.75, 3.05) is 0 Å². The molecule has 0 spiro atoms. The monoisotopic (exact) mass is 257 g/mol. The molecule has 1 atom stereocenters. The summed E-state index contributed by atoms with van der Waals surface area (Å²) in [5, 5.41) is 10.8. The lowest BCUT2D eigenvalue weighted by Gasteiger charge is -2.11. The van der Waals surface area contributed by atoms with E-state index in [0.717, 1.165) is 5.56 Å². The third kappa shape index (κ3) is 4.23. The summed E-state index contributed by atoms with van der Waals surface area (Å²) in [6.07, 6.45) is 0.561. The highest BCUT2D eigenvalue weighted by Crippen LogP contribution is 2.29. The van der Waals surface area contributed by atoms with Gasteiger partial charge < -0.3 is 4.74 Å². The van der Waals surface area contributed by atoms with Crippen LogP contribution in [0.2, 0.25) is 0 Å². The SMILES string of the molecule is CC(Cl)Cc1ccc([N+](=O)[O-])c(OC(C)C)c1. The second-order valence-electron chi connectivity index (χ2n) is 4.21. The highest BCUT2D eigenvalue weighted by molar-refractivity contribution is 6.20. The van der Waals surface area contributed by atoms with E-state index >= 15 is 0 Å². The predicted octanol–water partition coefficient (Wildman–Crippen LogP) is 3.55. The zero-order valence-corrected chi connectivity index (χ0v) is 10.9. The second kappa shape index (κ2) is 5.87. The Labute approximate surface area is 106 Å². The molecule has 0 heterocycles. The van der Waals surface area contributed by atoms with E-state index in [1.54, 1.807) is 12.1 Å². The predicted molar refractivity (Wildman–Crippen MR) is 67.9 cm³/mol. The van der Waals surface area contributed by atoms with Gasteiger partial charge in [-0.25, -0.2) is 0 Å². The van der Waals surface area contributed by atoms with E-state index in [2.05, 4.69) is 0 Å². The molecule has 0 aliphatic heterocycles. The molecule has 0 aromatic heterocycles. The van der Waals surface area contributed by atoms with Crippen LogP contribution in [0.3, 0.4) is 0 Å². The van der Waals surface area contributed by atoms with Crippen LogP contribution in [0.25, 0.3) is 0 Å². The minimum atomic E-state index is -0.439. The first-order valence-corrected chi connectivity index (χ1v) is 5.92. The van der Waals surface area contributed by atoms with Crippen molar-refractivity contribution >= 4 is 17.3 Å². The molecule has 0 bridgehead atoms. The average molecular weight is 258 g/mol. The van der Waals surface area contributed by atoms with Crippen molar-refractivity contribution in [2.45, 2.75) is 38.7 Å². The minimum Gasteiger partial charge on any atom is -0.484 e. The van der Waals surface area contributed by atoms with Gasteiger partial charge in [0.15, 0.2) is 5.75 Å². The fourth-order valence-electron chi connectivity index (χ4n) is 1.51. The molecule has 0 saturated carbocycles. The molecule has 5 heteroatoms. The number of nitro groups is 1. The number of nitro benzene ring substituents is 1. The van der Waals surface area contributed by atoms with Gasteiger partial charge in [-0.05, 0) is 38.8 Å². The summed E-state index contributed by atoms with van der Waals surface area (Å²) >= 11 is 5.90. The summed E-state index contributed by atoms with van der Waals surface area (Å²) in [4.78, 5) is 10.4. The molecule has 1 aromatic rings. The Balaban J connectivity index is 3.05. The maximum absolute atomic E-state index is 10.8. The van der Waals surface area contributed by atoms with Gasteiger partial charge in [0.05, 0.1) is 11.0 Å². The van der Waals surface area contributed by atoms with E-state index < -0.39 is 4.92 Å². The van der Waals surface area contributed by atoms with Crippen molar-refractivity contribution in [3.63, 3.8) is 0 Å². The van der Waals surface area contributed by atoms with E-state index in [1.165, 1.54) is 6.07 Å². The Morgan fingerprint density at radius 1 is 1.41 bits per heavy atom. The third-order valence-electron chi connectivity index (χ3n) is 2.10. The van der Waals surface area contributed by atoms with Crippen LogP contribution in [0.4, 0.5) is 5.69 Å². The summed E-state index contributed by atoms with van der Waals surface area (Å²) in [5.74, 6) is 0.305. The standard InChI is InChI=1S/C12H16ClNO3/c1-8(2)17-12-7-10(6-9(3)13)4-5-11(12)14(15)16/h4-5,7-9H,6H2,1-3H3. The second-order valence-corrected chi connectivity index (χ2v) is 4.96. The average Bonchev–Trinajstić information content (AvgIpc) is 2.15. The quantitative estimate of drug-likeness (QED) is 0.460. The zero-order valence-electron chi connectivity index (χ0n) is 10.1. The van der Waals surface area contributed by atoms with E-state index in [0.29, 0.717) is 12.2 Å². The molecule has 1 aromatic carbocycles. The molecule has 17 heavy (non-hydrogen) atoms. The maximum atomic E-state index is 10.8. The fourth-order valence-corrected chi connectivity index (χ4v) is 1.69. The summed E-state index contributed by atoms with van der Waals surface area (Å²) in [6, 6.07) is 4.87. The third-order valence-corrected chi connectivity index (χ3v) is 2.25. The first kappa shape index (κ1) is 13.8. The molecule has 0 amide bonds. The largest absolute Gasteiger partial charge is 0.484 e. The molecule has 1 rings (SSSR count). The van der Waals surface area contributed by atoms with Gasteiger partial charge in [0, 0.05) is 11.4 Å². The summed E-state index contributed by atoms with van der Waals surface area (Å²) < 4.78 is 5.44. The molecule has 4 nitrogen and oxygen atoms in total. The summed E-state index contributed by atoms with van der Waals surface area (Å²) in [7, 11) is 0. The van der Waals surface area contributed by atoms with E-state index in [-0.39, 0.29) is 17.2 Å². The van der Waals surface area contributed by atoms with Crippen LogP contribution in [0, 0.1) is 10.1 Å².